The number of hydrogen-bond donors (Lipinski definition) is 1. The highest BCUT2D eigenvalue weighted by Gasteiger charge is 2.19. The minimum atomic E-state index is 0.295. The van der Waals surface area contributed by atoms with Crippen LogP contribution in [0.3, 0.4) is 0 Å². The lowest BCUT2D eigenvalue weighted by Gasteiger charge is -2.35. The van der Waals surface area contributed by atoms with E-state index in [1.54, 1.807) is 0 Å². The number of piperazine rings is 1. The van der Waals surface area contributed by atoms with Crippen molar-refractivity contribution in [3.63, 3.8) is 0 Å². The van der Waals surface area contributed by atoms with E-state index in [9.17, 15) is 0 Å². The molecule has 0 saturated carbocycles. The van der Waals surface area contributed by atoms with Crippen molar-refractivity contribution in [2.45, 2.75) is 25.5 Å². The Morgan fingerprint density at radius 3 is 2.69 bits per heavy atom. The molecule has 4 rings (SSSR count). The van der Waals surface area contributed by atoms with E-state index in [4.69, 9.17) is 9.72 Å². The molecule has 2 saturated heterocycles. The monoisotopic (exact) mass is 353 g/mol. The molecule has 6 heteroatoms. The molecule has 0 radical (unpaired) electrons. The maximum absolute atomic E-state index is 5.65. The second-order valence-corrected chi connectivity index (χ2v) is 7.00. The fourth-order valence-electron chi connectivity index (χ4n) is 3.60. The molecule has 138 valence electrons. The molecule has 2 aromatic rings. The van der Waals surface area contributed by atoms with Crippen LogP contribution >= 0.6 is 0 Å². The molecule has 0 aliphatic carbocycles. The third-order valence-electron chi connectivity index (χ3n) is 5.10. The average molecular weight is 353 g/mol. The molecule has 1 aromatic carbocycles. The van der Waals surface area contributed by atoms with Gasteiger partial charge in [0.1, 0.15) is 5.82 Å². The molecular formula is C20H27N5O. The summed E-state index contributed by atoms with van der Waals surface area (Å²) in [4.78, 5) is 13.9. The van der Waals surface area contributed by atoms with E-state index in [0.29, 0.717) is 12.1 Å². The second kappa shape index (κ2) is 8.47. The molecule has 1 atom stereocenters. The first-order valence-electron chi connectivity index (χ1n) is 9.56. The molecule has 6 nitrogen and oxygen atoms in total. The fraction of sp³-hybridized carbons (Fsp3) is 0.500. The molecule has 1 aromatic heterocycles. The topological polar surface area (TPSA) is 53.5 Å². The van der Waals surface area contributed by atoms with Gasteiger partial charge in [-0.05, 0) is 24.5 Å². The first-order valence-corrected chi connectivity index (χ1v) is 9.56. The Morgan fingerprint density at radius 2 is 1.92 bits per heavy atom. The van der Waals surface area contributed by atoms with Crippen molar-refractivity contribution in [2.75, 3.05) is 49.5 Å². The van der Waals surface area contributed by atoms with Gasteiger partial charge < -0.3 is 15.0 Å². The highest BCUT2D eigenvalue weighted by molar-refractivity contribution is 5.43. The van der Waals surface area contributed by atoms with Gasteiger partial charge in [0.05, 0.1) is 6.10 Å². The van der Waals surface area contributed by atoms with Crippen LogP contribution in [0.15, 0.2) is 42.6 Å². The zero-order chi connectivity index (χ0) is 17.6. The Bertz CT molecular complexity index is 682. The van der Waals surface area contributed by atoms with E-state index in [1.807, 2.05) is 12.3 Å². The van der Waals surface area contributed by atoms with E-state index < -0.39 is 0 Å². The van der Waals surface area contributed by atoms with E-state index in [2.05, 4.69) is 50.4 Å². The Hall–Kier alpha value is -2.18. The van der Waals surface area contributed by atoms with Gasteiger partial charge in [-0.1, -0.05) is 30.3 Å². The minimum Gasteiger partial charge on any atom is -0.376 e. The van der Waals surface area contributed by atoms with Crippen LogP contribution in [0.25, 0.3) is 0 Å². The average Bonchev–Trinajstić information content (AvgIpc) is 3.22. The predicted molar refractivity (Wildman–Crippen MR) is 103 cm³/mol. The number of rotatable bonds is 6. The number of benzene rings is 1. The van der Waals surface area contributed by atoms with E-state index in [0.717, 1.165) is 64.5 Å². The van der Waals surface area contributed by atoms with Gasteiger partial charge in [0.2, 0.25) is 5.95 Å². The van der Waals surface area contributed by atoms with Crippen molar-refractivity contribution in [1.82, 2.24) is 14.9 Å². The van der Waals surface area contributed by atoms with Crippen LogP contribution in [0.2, 0.25) is 0 Å². The Labute approximate surface area is 155 Å². The molecular weight excluding hydrogens is 326 g/mol. The third-order valence-corrected chi connectivity index (χ3v) is 5.10. The van der Waals surface area contributed by atoms with Gasteiger partial charge in [0.25, 0.3) is 0 Å². The number of nitrogens with zero attached hydrogens (tertiary/aromatic N) is 4. The molecule has 0 bridgehead atoms. The van der Waals surface area contributed by atoms with Crippen molar-refractivity contribution in [2.24, 2.45) is 0 Å². The van der Waals surface area contributed by atoms with Crippen molar-refractivity contribution >= 4 is 11.8 Å². The first-order chi connectivity index (χ1) is 12.9. The maximum Gasteiger partial charge on any atom is 0.224 e. The zero-order valence-corrected chi connectivity index (χ0v) is 15.2. The summed E-state index contributed by atoms with van der Waals surface area (Å²) < 4.78 is 5.65. The summed E-state index contributed by atoms with van der Waals surface area (Å²) in [5.41, 5.74) is 1.38. The van der Waals surface area contributed by atoms with Crippen LogP contribution in [-0.4, -0.2) is 60.3 Å². The second-order valence-electron chi connectivity index (χ2n) is 7.00. The van der Waals surface area contributed by atoms with Gasteiger partial charge in [0, 0.05) is 52.1 Å². The van der Waals surface area contributed by atoms with Crippen molar-refractivity contribution in [3.8, 4) is 0 Å². The highest BCUT2D eigenvalue weighted by atomic mass is 16.5. The van der Waals surface area contributed by atoms with Crippen LogP contribution in [0.5, 0.6) is 0 Å². The smallest absolute Gasteiger partial charge is 0.224 e. The van der Waals surface area contributed by atoms with Crippen LogP contribution in [0.4, 0.5) is 11.8 Å². The van der Waals surface area contributed by atoms with Gasteiger partial charge in [-0.15, -0.1) is 0 Å². The number of anilines is 2. The summed E-state index contributed by atoms with van der Waals surface area (Å²) in [6, 6.07) is 12.7. The molecule has 2 aliphatic rings. The van der Waals surface area contributed by atoms with Gasteiger partial charge >= 0.3 is 0 Å². The summed E-state index contributed by atoms with van der Waals surface area (Å²) in [5, 5.41) is 3.32. The lowest BCUT2D eigenvalue weighted by molar-refractivity contribution is 0.120. The molecule has 26 heavy (non-hydrogen) atoms. The Morgan fingerprint density at radius 1 is 1.08 bits per heavy atom. The quantitative estimate of drug-likeness (QED) is 0.861. The SMILES string of the molecule is c1ccc(CN2CCN(c3ccnc(NCC4CCCO4)n3)CC2)cc1. The van der Waals surface area contributed by atoms with Crippen molar-refractivity contribution in [1.29, 1.82) is 0 Å². The molecule has 1 N–H and O–H groups in total. The fourth-order valence-corrected chi connectivity index (χ4v) is 3.60. The zero-order valence-electron chi connectivity index (χ0n) is 15.2. The summed E-state index contributed by atoms with van der Waals surface area (Å²) in [5.74, 6) is 1.71. The predicted octanol–water partition coefficient (Wildman–Crippen LogP) is 2.39. The number of nitrogens with one attached hydrogen (secondary N) is 1. The van der Waals surface area contributed by atoms with E-state index >= 15 is 0 Å². The van der Waals surface area contributed by atoms with Crippen LogP contribution < -0.4 is 10.2 Å². The summed E-state index contributed by atoms with van der Waals surface area (Å²) >= 11 is 0. The normalized spacial score (nSPS) is 21.1. The van der Waals surface area contributed by atoms with Crippen LogP contribution in [-0.2, 0) is 11.3 Å². The largest absolute Gasteiger partial charge is 0.376 e. The number of aromatic nitrogens is 2. The summed E-state index contributed by atoms with van der Waals surface area (Å²) in [6.07, 6.45) is 4.41. The Kier molecular flexibility index (Phi) is 5.62. The number of hydrogen-bond acceptors (Lipinski definition) is 6. The molecule has 0 amide bonds. The van der Waals surface area contributed by atoms with Crippen LogP contribution in [0, 0.1) is 0 Å². The summed E-state index contributed by atoms with van der Waals surface area (Å²) in [7, 11) is 0. The standard InChI is InChI=1S/C20H27N5O/c1-2-5-17(6-3-1)16-24-10-12-25(13-11-24)19-8-9-21-20(23-19)22-15-18-7-4-14-26-18/h1-3,5-6,8-9,18H,4,7,10-16H2,(H,21,22,23). The lowest BCUT2D eigenvalue weighted by Crippen LogP contribution is -2.46. The number of ether oxygens (including phenoxy) is 1. The van der Waals surface area contributed by atoms with Crippen LogP contribution in [0.1, 0.15) is 18.4 Å². The minimum absolute atomic E-state index is 0.295. The van der Waals surface area contributed by atoms with Crippen molar-refractivity contribution < 1.29 is 4.74 Å². The van der Waals surface area contributed by atoms with E-state index in [-0.39, 0.29) is 0 Å². The van der Waals surface area contributed by atoms with Gasteiger partial charge in [0.15, 0.2) is 0 Å². The molecule has 0 spiro atoms. The maximum atomic E-state index is 5.65. The van der Waals surface area contributed by atoms with E-state index in [1.165, 1.54) is 5.56 Å². The first kappa shape index (κ1) is 17.2. The molecule has 1 unspecified atom stereocenters. The lowest BCUT2D eigenvalue weighted by atomic mass is 10.2. The molecule has 2 aliphatic heterocycles. The molecule has 2 fully saturated rings. The third kappa shape index (κ3) is 4.51. The Balaban J connectivity index is 1.29. The summed E-state index contributed by atoms with van der Waals surface area (Å²) in [6.45, 7) is 6.78. The van der Waals surface area contributed by atoms with Gasteiger partial charge in [-0.2, -0.15) is 4.98 Å². The highest BCUT2D eigenvalue weighted by Crippen LogP contribution is 2.17. The van der Waals surface area contributed by atoms with Gasteiger partial charge in [-0.3, -0.25) is 4.90 Å². The van der Waals surface area contributed by atoms with Crippen molar-refractivity contribution in [3.05, 3.63) is 48.2 Å². The molecule has 3 heterocycles. The van der Waals surface area contributed by atoms with Gasteiger partial charge in [-0.25, -0.2) is 4.98 Å².